The molecule has 0 aliphatic carbocycles. The number of aromatic nitrogens is 2. The Labute approximate surface area is 204 Å². The number of aryl methyl sites for hydroxylation is 1. The third kappa shape index (κ3) is 4.76. The van der Waals surface area contributed by atoms with Crippen LogP contribution in [-0.4, -0.2) is 20.7 Å². The monoisotopic (exact) mass is 566 g/mol. The van der Waals surface area contributed by atoms with Crippen LogP contribution in [-0.2, 0) is 29.4 Å². The van der Waals surface area contributed by atoms with Crippen molar-refractivity contribution >= 4 is 5.78 Å². The molecule has 0 unspecified atom stereocenters. The average Bonchev–Trinajstić information content (AvgIpc) is 3.03. The van der Waals surface area contributed by atoms with E-state index in [1.165, 1.54) is 0 Å². The second-order valence-electron chi connectivity index (χ2n) is 6.90. The minimum absolute atomic E-state index is 0. The number of hydrogen-bond acceptors (Lipinski definition) is 4. The number of benzene rings is 2. The molecule has 1 aromatic heterocycles. The zero-order valence-electron chi connectivity index (χ0n) is 17.1. The largest absolute Gasteiger partial charge is 0.493 e. The van der Waals surface area contributed by atoms with Gasteiger partial charge in [0.05, 0.1) is 22.4 Å². The molecule has 3 aromatic rings. The Bertz CT molecular complexity index is 1360. The van der Waals surface area contributed by atoms with Gasteiger partial charge in [-0.15, -0.1) is 0 Å². The Hall–Kier alpha value is -3.57. The number of carbonyl (C=O) groups excluding carboxylic acids is 1. The molecule has 0 saturated heterocycles. The third-order valence-electron chi connectivity index (χ3n) is 4.69. The van der Waals surface area contributed by atoms with E-state index in [1.54, 1.807) is 0 Å². The van der Waals surface area contributed by atoms with Gasteiger partial charge in [-0.1, -0.05) is 0 Å². The number of nitrogens with zero attached hydrogens (tertiary/aromatic N) is 3. The fraction of sp³-hybridized carbons (Fsp3) is 0.150. The van der Waals surface area contributed by atoms with Crippen LogP contribution in [0.25, 0.3) is 5.69 Å². The second-order valence-corrected chi connectivity index (χ2v) is 6.90. The van der Waals surface area contributed by atoms with Crippen LogP contribution in [0.5, 0.6) is 5.88 Å². The van der Waals surface area contributed by atoms with E-state index in [0.29, 0.717) is 0 Å². The number of alkyl halides is 6. The van der Waals surface area contributed by atoms with E-state index in [2.05, 4.69) is 5.10 Å². The smallest absolute Gasteiger partial charge is 0.417 e. The van der Waals surface area contributed by atoms with E-state index >= 15 is 0 Å². The van der Waals surface area contributed by atoms with Crippen LogP contribution < -0.4 is 0 Å². The van der Waals surface area contributed by atoms with E-state index in [0.717, 1.165) is 13.0 Å². The van der Waals surface area contributed by atoms with Gasteiger partial charge >= 0.3 is 12.4 Å². The number of carbonyl (C=O) groups is 1. The van der Waals surface area contributed by atoms with Gasteiger partial charge in [0.2, 0.25) is 5.88 Å². The van der Waals surface area contributed by atoms with Gasteiger partial charge in [0.1, 0.15) is 17.3 Å². The molecule has 0 aliphatic heterocycles. The summed E-state index contributed by atoms with van der Waals surface area (Å²) >= 11 is 0. The van der Waals surface area contributed by atoms with Crippen molar-refractivity contribution in [2.24, 2.45) is 0 Å². The Morgan fingerprint density at radius 3 is 1.78 bits per heavy atom. The first-order valence-corrected chi connectivity index (χ1v) is 8.89. The zero-order valence-corrected chi connectivity index (χ0v) is 18.3. The topological polar surface area (TPSA) is 78.9 Å². The first-order valence-electron chi connectivity index (χ1n) is 8.89. The number of ketones is 1. The summed E-state index contributed by atoms with van der Waals surface area (Å²) in [7, 11) is 0. The predicted molar refractivity (Wildman–Crippen MR) is 94.4 cm³/mol. The van der Waals surface area contributed by atoms with Crippen molar-refractivity contribution in [3.63, 3.8) is 0 Å². The first kappa shape index (κ1) is 28.7. The normalized spacial score (nSPS) is 11.7. The van der Waals surface area contributed by atoms with Crippen molar-refractivity contribution in [1.29, 1.82) is 5.26 Å². The van der Waals surface area contributed by atoms with Crippen molar-refractivity contribution in [1.82, 2.24) is 9.78 Å². The molecule has 0 spiro atoms. The molecule has 0 bridgehead atoms. The first-order chi connectivity index (χ1) is 16.0. The van der Waals surface area contributed by atoms with Crippen molar-refractivity contribution in [2.45, 2.75) is 19.3 Å². The fourth-order valence-corrected chi connectivity index (χ4v) is 3.17. The molecular formula is C20H7F10MnN3O2. The third-order valence-corrected chi connectivity index (χ3v) is 4.69. The average molecular weight is 566 g/mol. The van der Waals surface area contributed by atoms with E-state index in [1.807, 2.05) is 0 Å². The Morgan fingerprint density at radius 2 is 1.39 bits per heavy atom. The molecule has 16 heteroatoms. The van der Waals surface area contributed by atoms with Crippen LogP contribution in [0.3, 0.4) is 0 Å². The van der Waals surface area contributed by atoms with Gasteiger partial charge in [-0.25, -0.2) is 17.6 Å². The Kier molecular flexibility index (Phi) is 7.54. The molecule has 0 atom stereocenters. The maximum Gasteiger partial charge on any atom is 0.417 e. The summed E-state index contributed by atoms with van der Waals surface area (Å²) in [5, 5.41) is 22.5. The molecule has 0 saturated carbocycles. The number of aromatic hydroxyl groups is 1. The maximum atomic E-state index is 14.1. The van der Waals surface area contributed by atoms with Crippen LogP contribution in [0.15, 0.2) is 18.2 Å². The minimum atomic E-state index is -5.52. The SMILES string of the molecule is Cc1nn(-c2c(F)c(F)cc(F)c2F)c(O)c1C(=O)c1cc(C(F)(F)F)c(C#N)c(C(F)(F)F)c1.[Mn]. The summed E-state index contributed by atoms with van der Waals surface area (Å²) in [4.78, 5) is 12.8. The summed E-state index contributed by atoms with van der Waals surface area (Å²) in [6.07, 6.45) is -11.0. The van der Waals surface area contributed by atoms with Crippen LogP contribution in [0.2, 0.25) is 0 Å². The van der Waals surface area contributed by atoms with Gasteiger partial charge in [-0.05, 0) is 19.1 Å². The standard InChI is InChI=1S/C20H7F10N3O2.Mn/c1-6-13(18(35)33(32-6)16-14(23)11(21)4-12(22)15(16)24)17(34)7-2-9(19(25,26)27)8(5-31)10(3-7)20(28,29)30;/h2-4,35H,1H3;. The predicted octanol–water partition coefficient (Wildman–Crippen LogP) is 5.58. The van der Waals surface area contributed by atoms with E-state index in [9.17, 15) is 53.8 Å². The van der Waals surface area contributed by atoms with Crippen molar-refractivity contribution in [3.8, 4) is 17.6 Å². The van der Waals surface area contributed by atoms with Crippen molar-refractivity contribution in [3.05, 3.63) is 75.0 Å². The van der Waals surface area contributed by atoms with Gasteiger partial charge < -0.3 is 5.11 Å². The van der Waals surface area contributed by atoms with Gasteiger partial charge in [0.25, 0.3) is 0 Å². The number of halogens is 10. The van der Waals surface area contributed by atoms with E-state index in [-0.39, 0.29) is 39.9 Å². The Morgan fingerprint density at radius 1 is 0.944 bits per heavy atom. The number of nitriles is 1. The second kappa shape index (κ2) is 9.47. The van der Waals surface area contributed by atoms with Gasteiger partial charge in [-0.2, -0.15) is 41.4 Å². The molecule has 191 valence electrons. The van der Waals surface area contributed by atoms with Gasteiger partial charge in [0, 0.05) is 28.7 Å². The van der Waals surface area contributed by atoms with E-state index in [4.69, 9.17) is 5.26 Å². The molecule has 5 nitrogen and oxygen atoms in total. The maximum absolute atomic E-state index is 14.1. The quantitative estimate of drug-likeness (QED) is 0.195. The summed E-state index contributed by atoms with van der Waals surface area (Å²) in [6.45, 7) is 0.869. The van der Waals surface area contributed by atoms with Crippen LogP contribution in [0.1, 0.15) is 38.3 Å². The molecule has 0 aliphatic rings. The minimum Gasteiger partial charge on any atom is -0.493 e. The molecule has 0 fully saturated rings. The van der Waals surface area contributed by atoms with Gasteiger partial charge in [-0.3, -0.25) is 4.79 Å². The molecule has 3 rings (SSSR count). The van der Waals surface area contributed by atoms with Crippen LogP contribution in [0.4, 0.5) is 43.9 Å². The van der Waals surface area contributed by atoms with E-state index < -0.39 is 86.5 Å². The summed E-state index contributed by atoms with van der Waals surface area (Å²) in [5.74, 6) is -11.3. The molecule has 1 radical (unpaired) electrons. The number of hydrogen-bond donors (Lipinski definition) is 1. The number of rotatable bonds is 3. The molecule has 36 heavy (non-hydrogen) atoms. The van der Waals surface area contributed by atoms with Crippen molar-refractivity contribution < 1.29 is 70.9 Å². The van der Waals surface area contributed by atoms with Gasteiger partial charge in [0.15, 0.2) is 29.1 Å². The summed E-state index contributed by atoms with van der Waals surface area (Å²) in [6, 6.07) is 0.428. The molecular weight excluding hydrogens is 559 g/mol. The zero-order chi connectivity index (χ0) is 26.6. The summed E-state index contributed by atoms with van der Waals surface area (Å²) < 4.78 is 135. The van der Waals surface area contributed by atoms with Crippen LogP contribution >= 0.6 is 0 Å². The Balaban J connectivity index is 0.00000456. The molecule has 1 heterocycles. The molecule has 0 amide bonds. The van der Waals surface area contributed by atoms with Crippen molar-refractivity contribution in [2.75, 3.05) is 0 Å². The van der Waals surface area contributed by atoms with Crippen LogP contribution in [0, 0.1) is 41.5 Å². The summed E-state index contributed by atoms with van der Waals surface area (Å²) in [5.41, 5.74) is -10.8. The molecule has 2 aromatic carbocycles. The molecule has 1 N–H and O–H groups in total. The fourth-order valence-electron chi connectivity index (χ4n) is 3.17.